The molecule has 3 aromatic rings. The Morgan fingerprint density at radius 1 is 0.943 bits per heavy atom. The molecule has 6 heteroatoms. The maximum atomic E-state index is 14.6. The van der Waals surface area contributed by atoms with E-state index in [1.54, 1.807) is 66.5 Å². The average molecular weight is 477 g/mol. The Labute approximate surface area is 206 Å². The first-order valence-electron chi connectivity index (χ1n) is 12.1. The largest absolute Gasteiger partial charge is 0.478 e. The van der Waals surface area contributed by atoms with Crippen LogP contribution in [0.25, 0.3) is 11.1 Å². The number of benzene rings is 3. The zero-order valence-electron chi connectivity index (χ0n) is 20.4. The van der Waals surface area contributed by atoms with Crippen LogP contribution in [-0.2, 0) is 11.3 Å². The molecule has 0 aliphatic heterocycles. The molecule has 0 atom stereocenters. The average Bonchev–Trinajstić information content (AvgIpc) is 2.85. The fourth-order valence-corrected chi connectivity index (χ4v) is 3.99. The number of unbranched alkanes of at least 4 members (excludes halogenated alkanes) is 4. The number of carbonyl (C=O) groups is 2. The maximum absolute atomic E-state index is 14.6. The van der Waals surface area contributed by atoms with Crippen LogP contribution in [0.15, 0.2) is 66.7 Å². The molecule has 5 nitrogen and oxygen atoms in total. The summed E-state index contributed by atoms with van der Waals surface area (Å²) in [5.41, 5.74) is 3.38. The number of carbonyl (C=O) groups excluding carboxylic acids is 1. The summed E-state index contributed by atoms with van der Waals surface area (Å²) in [7, 11) is 1.78. The number of hydrogen-bond acceptors (Lipinski definition) is 3. The van der Waals surface area contributed by atoms with Gasteiger partial charge in [-0.05, 0) is 53.9 Å². The van der Waals surface area contributed by atoms with Gasteiger partial charge < -0.3 is 15.3 Å². The van der Waals surface area contributed by atoms with Gasteiger partial charge in [0.1, 0.15) is 5.82 Å². The first kappa shape index (κ1) is 25.9. The Bertz CT molecular complexity index is 1140. The predicted octanol–water partition coefficient (Wildman–Crippen LogP) is 7.25. The summed E-state index contributed by atoms with van der Waals surface area (Å²) < 4.78 is 14.6. The number of nitrogens with one attached hydrogen (secondary N) is 1. The van der Waals surface area contributed by atoms with Gasteiger partial charge in [0.05, 0.1) is 11.3 Å². The molecule has 0 saturated carbocycles. The zero-order chi connectivity index (χ0) is 25.2. The first-order valence-corrected chi connectivity index (χ1v) is 12.1. The summed E-state index contributed by atoms with van der Waals surface area (Å²) in [4.78, 5) is 25.6. The molecule has 0 unspecified atom stereocenters. The summed E-state index contributed by atoms with van der Waals surface area (Å²) in [6.45, 7) is 2.59. The lowest BCUT2D eigenvalue weighted by molar-refractivity contribution is -0.130. The topological polar surface area (TPSA) is 69.6 Å². The van der Waals surface area contributed by atoms with E-state index in [0.29, 0.717) is 35.5 Å². The van der Waals surface area contributed by atoms with E-state index in [9.17, 15) is 19.1 Å². The standard InChI is InChI=1S/C29H33FN2O3/c1-3-4-5-6-7-12-28(33)32(2)20-21-13-18-26(30)25(19-21)22-14-16-23(17-15-22)31-27-11-9-8-10-24(27)29(34)35/h8-11,13-19,31H,3-7,12,20H2,1-2H3,(H,34,35). The van der Waals surface area contributed by atoms with Crippen molar-refractivity contribution >= 4 is 23.3 Å². The van der Waals surface area contributed by atoms with Gasteiger partial charge in [-0.2, -0.15) is 0 Å². The number of hydrogen-bond donors (Lipinski definition) is 2. The molecular weight excluding hydrogens is 443 g/mol. The third kappa shape index (κ3) is 7.41. The van der Waals surface area contributed by atoms with Crippen molar-refractivity contribution < 1.29 is 19.1 Å². The quantitative estimate of drug-likeness (QED) is 0.270. The van der Waals surface area contributed by atoms with Crippen molar-refractivity contribution in [2.45, 2.75) is 52.0 Å². The third-order valence-electron chi connectivity index (χ3n) is 6.00. The van der Waals surface area contributed by atoms with Crippen LogP contribution in [-0.4, -0.2) is 28.9 Å². The molecule has 0 bridgehead atoms. The Hall–Kier alpha value is -3.67. The van der Waals surface area contributed by atoms with Crippen molar-refractivity contribution in [1.82, 2.24) is 4.90 Å². The number of amides is 1. The van der Waals surface area contributed by atoms with Crippen molar-refractivity contribution in [2.75, 3.05) is 12.4 Å². The third-order valence-corrected chi connectivity index (χ3v) is 6.00. The maximum Gasteiger partial charge on any atom is 0.337 e. The number of anilines is 2. The molecule has 3 aromatic carbocycles. The van der Waals surface area contributed by atoms with Gasteiger partial charge in [-0.25, -0.2) is 9.18 Å². The van der Waals surface area contributed by atoms with Gasteiger partial charge in [-0.3, -0.25) is 4.79 Å². The molecular formula is C29H33FN2O3. The zero-order valence-corrected chi connectivity index (χ0v) is 20.4. The van der Waals surface area contributed by atoms with Crippen molar-refractivity contribution in [3.8, 4) is 11.1 Å². The normalized spacial score (nSPS) is 10.7. The number of nitrogens with zero attached hydrogens (tertiary/aromatic N) is 1. The molecule has 0 radical (unpaired) electrons. The van der Waals surface area contributed by atoms with Gasteiger partial charge in [0, 0.05) is 31.3 Å². The first-order chi connectivity index (χ1) is 16.9. The second-order valence-electron chi connectivity index (χ2n) is 8.78. The van der Waals surface area contributed by atoms with Crippen molar-refractivity contribution in [1.29, 1.82) is 0 Å². The van der Waals surface area contributed by atoms with Crippen LogP contribution in [0, 0.1) is 5.82 Å². The lowest BCUT2D eigenvalue weighted by Gasteiger charge is -2.18. The highest BCUT2D eigenvalue weighted by Gasteiger charge is 2.13. The van der Waals surface area contributed by atoms with E-state index >= 15 is 0 Å². The predicted molar refractivity (Wildman–Crippen MR) is 138 cm³/mol. The van der Waals surface area contributed by atoms with E-state index in [4.69, 9.17) is 0 Å². The Morgan fingerprint density at radius 2 is 1.66 bits per heavy atom. The van der Waals surface area contributed by atoms with Crippen LogP contribution in [0.3, 0.4) is 0 Å². The molecule has 0 heterocycles. The minimum absolute atomic E-state index is 0.101. The smallest absolute Gasteiger partial charge is 0.337 e. The van der Waals surface area contributed by atoms with Crippen LogP contribution in [0.1, 0.15) is 61.4 Å². The van der Waals surface area contributed by atoms with Gasteiger partial charge in [0.25, 0.3) is 0 Å². The molecule has 0 aliphatic carbocycles. The highest BCUT2D eigenvalue weighted by atomic mass is 19.1. The fraction of sp³-hybridized carbons (Fsp3) is 0.310. The lowest BCUT2D eigenvalue weighted by atomic mass is 10.0. The molecule has 0 fully saturated rings. The number of aromatic carboxylic acids is 1. The number of halogens is 1. The monoisotopic (exact) mass is 476 g/mol. The van der Waals surface area contributed by atoms with Crippen molar-refractivity contribution in [2.24, 2.45) is 0 Å². The second kappa shape index (κ2) is 12.7. The molecule has 0 aromatic heterocycles. The van der Waals surface area contributed by atoms with E-state index in [1.165, 1.54) is 25.0 Å². The minimum Gasteiger partial charge on any atom is -0.478 e. The summed E-state index contributed by atoms with van der Waals surface area (Å²) in [6, 6.07) is 18.7. The van der Waals surface area contributed by atoms with Crippen LogP contribution < -0.4 is 5.32 Å². The molecule has 0 spiro atoms. The molecule has 184 valence electrons. The summed E-state index contributed by atoms with van der Waals surface area (Å²) in [5.74, 6) is -1.25. The molecule has 3 rings (SSSR count). The second-order valence-corrected chi connectivity index (χ2v) is 8.78. The number of para-hydroxylation sites is 1. The molecule has 0 aliphatic rings. The van der Waals surface area contributed by atoms with Crippen molar-refractivity contribution in [3.05, 3.63) is 83.7 Å². The summed E-state index contributed by atoms with van der Waals surface area (Å²) in [5, 5.41) is 12.5. The molecule has 0 saturated heterocycles. The van der Waals surface area contributed by atoms with Gasteiger partial charge >= 0.3 is 5.97 Å². The summed E-state index contributed by atoms with van der Waals surface area (Å²) >= 11 is 0. The van der Waals surface area contributed by atoms with Crippen LogP contribution in [0.2, 0.25) is 0 Å². The van der Waals surface area contributed by atoms with Crippen LogP contribution >= 0.6 is 0 Å². The highest BCUT2D eigenvalue weighted by Crippen LogP contribution is 2.28. The Morgan fingerprint density at radius 3 is 2.37 bits per heavy atom. The SMILES string of the molecule is CCCCCCCC(=O)N(C)Cc1ccc(F)c(-c2ccc(Nc3ccccc3C(=O)O)cc2)c1. The van der Waals surface area contributed by atoms with Gasteiger partial charge in [0.2, 0.25) is 5.91 Å². The number of rotatable bonds is 12. The van der Waals surface area contributed by atoms with E-state index in [0.717, 1.165) is 24.8 Å². The van der Waals surface area contributed by atoms with E-state index < -0.39 is 5.97 Å². The van der Waals surface area contributed by atoms with Gasteiger partial charge in [-0.15, -0.1) is 0 Å². The molecule has 1 amide bonds. The molecule has 35 heavy (non-hydrogen) atoms. The highest BCUT2D eigenvalue weighted by molar-refractivity contribution is 5.95. The van der Waals surface area contributed by atoms with E-state index in [1.807, 2.05) is 0 Å². The summed E-state index contributed by atoms with van der Waals surface area (Å²) in [6.07, 6.45) is 6.05. The van der Waals surface area contributed by atoms with E-state index in [-0.39, 0.29) is 17.3 Å². The number of carboxylic acids is 1. The van der Waals surface area contributed by atoms with Crippen LogP contribution in [0.5, 0.6) is 0 Å². The minimum atomic E-state index is -1.01. The molecule has 2 N–H and O–H groups in total. The Balaban J connectivity index is 1.66. The van der Waals surface area contributed by atoms with Gasteiger partial charge in [-0.1, -0.05) is 62.9 Å². The van der Waals surface area contributed by atoms with E-state index in [2.05, 4.69) is 12.2 Å². The van der Waals surface area contributed by atoms with Crippen LogP contribution in [0.4, 0.5) is 15.8 Å². The fourth-order valence-electron chi connectivity index (χ4n) is 3.99. The van der Waals surface area contributed by atoms with Crippen molar-refractivity contribution in [3.63, 3.8) is 0 Å². The number of carboxylic acid groups (broad SMARTS) is 1. The lowest BCUT2D eigenvalue weighted by Crippen LogP contribution is -2.25. The van der Waals surface area contributed by atoms with Gasteiger partial charge in [0.15, 0.2) is 0 Å². The Kier molecular flexibility index (Phi) is 9.41.